The number of aliphatic hydroxyl groups excluding tert-OH is 1. The Kier molecular flexibility index (Phi) is 3.99. The summed E-state index contributed by atoms with van der Waals surface area (Å²) < 4.78 is 6.63. The number of ether oxygens (including phenoxy) is 1. The van der Waals surface area contributed by atoms with Crippen molar-refractivity contribution in [2.45, 2.75) is 13.0 Å². The predicted molar refractivity (Wildman–Crippen MR) is 73.2 cm³/mol. The Balaban J connectivity index is 2.57. The molecule has 0 fully saturated rings. The minimum atomic E-state index is -0.950. The van der Waals surface area contributed by atoms with Crippen molar-refractivity contribution in [1.82, 2.24) is 4.57 Å². The monoisotopic (exact) mass is 298 g/mol. The smallest absolute Gasteiger partial charge is 0.251 e. The first kappa shape index (κ1) is 14.8. The number of nitrogens with two attached hydrogens (primary N) is 1. The Morgan fingerprint density at radius 2 is 2.10 bits per heavy atom. The van der Waals surface area contributed by atoms with E-state index in [1.165, 1.54) is 4.57 Å². The van der Waals surface area contributed by atoms with Crippen LogP contribution in [0.25, 0.3) is 5.70 Å². The van der Waals surface area contributed by atoms with Crippen LogP contribution in [-0.4, -0.2) is 34.5 Å². The zero-order valence-electron chi connectivity index (χ0n) is 11.1. The summed E-state index contributed by atoms with van der Waals surface area (Å²) in [6.07, 6.45) is 0.607. The molecule has 2 rings (SSSR count). The second kappa shape index (κ2) is 5.40. The molecule has 0 aliphatic heterocycles. The maximum absolute atomic E-state index is 12.0. The van der Waals surface area contributed by atoms with Gasteiger partial charge in [-0.2, -0.15) is 0 Å². The van der Waals surface area contributed by atoms with Gasteiger partial charge in [0.25, 0.3) is 5.78 Å². The molecule has 1 aliphatic rings. The molecule has 0 bridgehead atoms. The Morgan fingerprint density at radius 1 is 1.45 bits per heavy atom. The molecular formula is C13H15ClN2O4. The van der Waals surface area contributed by atoms with Crippen molar-refractivity contribution in [3.8, 4) is 0 Å². The highest BCUT2D eigenvalue weighted by Gasteiger charge is 2.36. The molecule has 6 nitrogen and oxygen atoms in total. The van der Waals surface area contributed by atoms with E-state index < -0.39 is 17.7 Å². The van der Waals surface area contributed by atoms with Gasteiger partial charge in [0.1, 0.15) is 16.8 Å². The van der Waals surface area contributed by atoms with Crippen LogP contribution in [0.4, 0.5) is 0 Å². The number of carbonyl (C=O) groups excluding carboxylic acids is 2. The van der Waals surface area contributed by atoms with Crippen molar-refractivity contribution in [2.75, 3.05) is 13.2 Å². The fraction of sp³-hybridized carbons (Fsp3) is 0.385. The molecule has 1 atom stereocenters. The van der Waals surface area contributed by atoms with Crippen LogP contribution >= 0.6 is 11.6 Å². The number of aromatic nitrogens is 1. The first-order valence-corrected chi connectivity index (χ1v) is 6.47. The lowest BCUT2D eigenvalue weighted by molar-refractivity contribution is -0.111. The fourth-order valence-corrected chi connectivity index (χ4v) is 2.40. The van der Waals surface area contributed by atoms with Crippen LogP contribution in [0.15, 0.2) is 11.2 Å². The third-order valence-corrected chi connectivity index (χ3v) is 3.55. The summed E-state index contributed by atoms with van der Waals surface area (Å²) in [7, 11) is 1.60. The number of rotatable bonds is 4. The maximum Gasteiger partial charge on any atom is 0.251 e. The molecule has 0 saturated carbocycles. The third-order valence-electron chi connectivity index (χ3n) is 3.18. The Hall–Kier alpha value is -1.63. The van der Waals surface area contributed by atoms with Crippen LogP contribution in [0.1, 0.15) is 34.6 Å². The molecule has 1 aromatic rings. The van der Waals surface area contributed by atoms with Gasteiger partial charge >= 0.3 is 0 Å². The van der Waals surface area contributed by atoms with E-state index in [1.54, 1.807) is 20.2 Å². The van der Waals surface area contributed by atoms with Crippen molar-refractivity contribution in [2.24, 2.45) is 12.8 Å². The van der Waals surface area contributed by atoms with E-state index >= 15 is 0 Å². The van der Waals surface area contributed by atoms with E-state index in [4.69, 9.17) is 22.1 Å². The van der Waals surface area contributed by atoms with Crippen LogP contribution in [0, 0.1) is 0 Å². The van der Waals surface area contributed by atoms with Crippen LogP contribution in [0.3, 0.4) is 0 Å². The van der Waals surface area contributed by atoms with Gasteiger partial charge in [0.2, 0.25) is 5.78 Å². The first-order chi connectivity index (χ1) is 9.40. The zero-order valence-corrected chi connectivity index (χ0v) is 11.9. The summed E-state index contributed by atoms with van der Waals surface area (Å²) in [6.45, 7) is 2.33. The molecule has 1 aromatic heterocycles. The van der Waals surface area contributed by atoms with Gasteiger partial charge in [-0.3, -0.25) is 9.59 Å². The molecule has 0 radical (unpaired) electrons. The highest BCUT2D eigenvalue weighted by Crippen LogP contribution is 2.34. The van der Waals surface area contributed by atoms with Crippen molar-refractivity contribution in [3.63, 3.8) is 0 Å². The molecular weight excluding hydrogens is 284 g/mol. The summed E-state index contributed by atoms with van der Waals surface area (Å²) in [5.41, 5.74) is 6.72. The summed E-state index contributed by atoms with van der Waals surface area (Å²) in [4.78, 5) is 23.7. The first-order valence-electron chi connectivity index (χ1n) is 6.09. The predicted octanol–water partition coefficient (Wildman–Crippen LogP) is 0.727. The van der Waals surface area contributed by atoms with Gasteiger partial charge in [0, 0.05) is 31.0 Å². The van der Waals surface area contributed by atoms with Gasteiger partial charge in [-0.25, -0.2) is 0 Å². The van der Waals surface area contributed by atoms with E-state index in [9.17, 15) is 14.7 Å². The Bertz CT molecular complexity index is 618. The number of fused-ring (bicyclic) bond motifs is 1. The molecule has 0 amide bonds. The van der Waals surface area contributed by atoms with E-state index in [1.807, 2.05) is 0 Å². The molecule has 1 aliphatic carbocycles. The normalized spacial score (nSPS) is 16.6. The highest BCUT2D eigenvalue weighted by molar-refractivity contribution is 6.64. The Labute approximate surface area is 120 Å². The topological polar surface area (TPSA) is 94.5 Å². The molecule has 1 unspecified atom stereocenters. The second-order valence-electron chi connectivity index (χ2n) is 4.48. The molecule has 7 heteroatoms. The van der Waals surface area contributed by atoms with E-state index in [2.05, 4.69) is 0 Å². The molecule has 0 spiro atoms. The lowest BCUT2D eigenvalue weighted by Crippen LogP contribution is -2.26. The third kappa shape index (κ3) is 2.15. The summed E-state index contributed by atoms with van der Waals surface area (Å²) >= 11 is 5.79. The number of carbonyl (C=O) groups is 2. The number of ketones is 2. The molecule has 3 N–H and O–H groups in total. The molecule has 20 heavy (non-hydrogen) atoms. The van der Waals surface area contributed by atoms with Gasteiger partial charge in [-0.15, -0.1) is 0 Å². The van der Waals surface area contributed by atoms with E-state index in [-0.39, 0.29) is 23.0 Å². The van der Waals surface area contributed by atoms with Crippen molar-refractivity contribution in [3.05, 3.63) is 28.0 Å². The van der Waals surface area contributed by atoms with Crippen molar-refractivity contribution in [1.29, 1.82) is 0 Å². The lowest BCUT2D eigenvalue weighted by atomic mass is 9.94. The highest BCUT2D eigenvalue weighted by atomic mass is 35.5. The van der Waals surface area contributed by atoms with Crippen molar-refractivity contribution >= 4 is 28.9 Å². The summed E-state index contributed by atoms with van der Waals surface area (Å²) in [5.74, 6) is -1.56. The molecule has 0 saturated heterocycles. The van der Waals surface area contributed by atoms with Gasteiger partial charge in [-0.1, -0.05) is 11.6 Å². The second-order valence-corrected chi connectivity index (χ2v) is 4.86. The summed E-state index contributed by atoms with van der Waals surface area (Å²) in [5, 5.41) is 9.81. The van der Waals surface area contributed by atoms with E-state index in [0.29, 0.717) is 17.7 Å². The van der Waals surface area contributed by atoms with E-state index in [0.717, 1.165) is 0 Å². The molecule has 0 aromatic carbocycles. The largest absolute Gasteiger partial charge is 0.397 e. The van der Waals surface area contributed by atoms with Gasteiger partial charge in [0.05, 0.1) is 12.3 Å². The molecule has 108 valence electrons. The number of allylic oxidation sites excluding steroid dienone is 1. The summed E-state index contributed by atoms with van der Waals surface area (Å²) in [6, 6.07) is 0. The average molecular weight is 299 g/mol. The Morgan fingerprint density at radius 3 is 2.70 bits per heavy atom. The number of nitrogens with zero attached hydrogens (tertiary/aromatic N) is 1. The van der Waals surface area contributed by atoms with Crippen LogP contribution in [0.5, 0.6) is 0 Å². The van der Waals surface area contributed by atoms with Crippen molar-refractivity contribution < 1.29 is 19.4 Å². The number of hydrogen-bond donors (Lipinski definition) is 2. The van der Waals surface area contributed by atoms with Crippen LogP contribution in [-0.2, 0) is 16.6 Å². The lowest BCUT2D eigenvalue weighted by Gasteiger charge is -2.16. The standard InChI is InChI=1S/C13H15ClN2O4/c1-3-20-5-7(17)6-4-16(2)11-8(6)10(15)9(14)12(18)13(11)19/h4,7,17H,3,5,15H2,1-2H3. The fourth-order valence-electron chi connectivity index (χ4n) is 2.22. The zero-order chi connectivity index (χ0) is 15.0. The van der Waals surface area contributed by atoms with Gasteiger partial charge in [-0.05, 0) is 6.92 Å². The van der Waals surface area contributed by atoms with Crippen LogP contribution < -0.4 is 5.73 Å². The number of aliphatic hydroxyl groups is 1. The number of halogens is 1. The quantitative estimate of drug-likeness (QED) is 0.799. The molecule has 1 heterocycles. The number of Topliss-reactive ketones (excluding diaryl/α,β-unsaturated/α-hetero) is 2. The van der Waals surface area contributed by atoms with Gasteiger partial charge in [0.15, 0.2) is 0 Å². The average Bonchev–Trinajstić information content (AvgIpc) is 2.77. The maximum atomic E-state index is 12.0. The van der Waals surface area contributed by atoms with Gasteiger partial charge < -0.3 is 20.1 Å². The minimum absolute atomic E-state index is 0.0115. The minimum Gasteiger partial charge on any atom is -0.397 e. The SMILES string of the molecule is CCOCC(O)c1cn(C)c2c1C(N)=C(Cl)C(=O)C2=O. The number of hydrogen-bond acceptors (Lipinski definition) is 5. The number of aryl methyl sites for hydroxylation is 1. The van der Waals surface area contributed by atoms with Crippen LogP contribution in [0.2, 0.25) is 0 Å².